The number of hydrogen-bond acceptors (Lipinski definition) is 4. The van der Waals surface area contributed by atoms with E-state index in [1.54, 1.807) is 0 Å². The Bertz CT molecular complexity index is 474. The summed E-state index contributed by atoms with van der Waals surface area (Å²) in [7, 11) is -5.17. The van der Waals surface area contributed by atoms with Gasteiger partial charge in [-0.2, -0.15) is 0 Å². The molecule has 0 N–H and O–H groups in total. The van der Waals surface area contributed by atoms with Gasteiger partial charge >= 0.3 is 59.1 Å². The molecule has 0 bridgehead atoms. The fourth-order valence-electron chi connectivity index (χ4n) is 2.64. The largest absolute Gasteiger partial charge is 1.00 e. The Morgan fingerprint density at radius 1 is 0.692 bits per heavy atom. The van der Waals surface area contributed by atoms with Crippen LogP contribution in [0, 0.1) is 0 Å². The number of hydrogen-bond donors (Lipinski definition) is 0. The van der Waals surface area contributed by atoms with E-state index in [0.29, 0.717) is 0 Å². The first-order valence-corrected chi connectivity index (χ1v) is 10.5. The zero-order valence-electron chi connectivity index (χ0n) is 16.9. The number of unbranched alkanes of at least 4 members (excludes halogenated alkanes) is 10. The Hall–Kier alpha value is 1.09. The van der Waals surface area contributed by atoms with E-state index in [2.05, 4.69) is 37.3 Å². The van der Waals surface area contributed by atoms with Crippen molar-refractivity contribution in [3.8, 4) is 0 Å². The summed E-state index contributed by atoms with van der Waals surface area (Å²) in [6.45, 7) is 2.29. The summed E-state index contributed by atoms with van der Waals surface area (Å²) in [5.41, 5.74) is 1.50. The van der Waals surface area contributed by atoms with Crippen molar-refractivity contribution in [3.63, 3.8) is 0 Å². The monoisotopic (exact) mass is 402 g/mol. The molecule has 1 rings (SSSR count). The van der Waals surface area contributed by atoms with Crippen LogP contribution in [0.4, 0.5) is 0 Å². The van der Waals surface area contributed by atoms with Crippen LogP contribution in [0.15, 0.2) is 30.3 Å². The first-order chi connectivity index (χ1) is 11.4. The zero-order chi connectivity index (χ0) is 18.1. The molecule has 140 valence electrons. The molecule has 0 saturated carbocycles. The average molecular weight is 403 g/mol. The predicted molar refractivity (Wildman–Crippen MR) is 97.1 cm³/mol. The van der Waals surface area contributed by atoms with Crippen LogP contribution in [0.25, 0.3) is 0 Å². The van der Waals surface area contributed by atoms with Crippen molar-refractivity contribution in [2.75, 3.05) is 0 Å². The van der Waals surface area contributed by atoms with Gasteiger partial charge in [-0.3, -0.25) is 8.42 Å². The molecule has 0 aliphatic rings. The van der Waals surface area contributed by atoms with Crippen LogP contribution in [-0.4, -0.2) is 17.5 Å². The summed E-state index contributed by atoms with van der Waals surface area (Å²) in [4.78, 5) is 0. The SMILES string of the molecule is CCCCCCCCCCCCCc1ccccc1.O=S(=O)([O-])[O-].[Na+].[Na+]. The molecule has 0 saturated heterocycles. The first-order valence-electron chi connectivity index (χ1n) is 9.14. The van der Waals surface area contributed by atoms with Gasteiger partial charge in [-0.1, -0.05) is 101 Å². The Labute approximate surface area is 205 Å². The van der Waals surface area contributed by atoms with E-state index >= 15 is 0 Å². The minimum Gasteiger partial charge on any atom is -0.759 e. The fourth-order valence-corrected chi connectivity index (χ4v) is 2.64. The van der Waals surface area contributed by atoms with Gasteiger partial charge in [0.2, 0.25) is 0 Å². The molecule has 0 spiro atoms. The minimum absolute atomic E-state index is 0. The fraction of sp³-hybridized carbons (Fsp3) is 0.684. The summed E-state index contributed by atoms with van der Waals surface area (Å²) in [6, 6.07) is 10.9. The van der Waals surface area contributed by atoms with Crippen LogP contribution >= 0.6 is 0 Å². The molecule has 1 aromatic rings. The van der Waals surface area contributed by atoms with Crippen LogP contribution in [0.5, 0.6) is 0 Å². The molecule has 26 heavy (non-hydrogen) atoms. The van der Waals surface area contributed by atoms with E-state index in [1.165, 1.54) is 82.6 Å². The van der Waals surface area contributed by atoms with E-state index in [4.69, 9.17) is 17.5 Å². The summed E-state index contributed by atoms with van der Waals surface area (Å²) in [6.07, 6.45) is 17.0. The summed E-state index contributed by atoms with van der Waals surface area (Å²) >= 11 is 0. The van der Waals surface area contributed by atoms with Gasteiger partial charge in [0, 0.05) is 10.4 Å². The zero-order valence-corrected chi connectivity index (χ0v) is 21.7. The van der Waals surface area contributed by atoms with Gasteiger partial charge in [-0.25, -0.2) is 0 Å². The molecule has 0 aliphatic heterocycles. The van der Waals surface area contributed by atoms with Gasteiger partial charge in [0.25, 0.3) is 0 Å². The molecule has 7 heteroatoms. The van der Waals surface area contributed by atoms with Gasteiger partial charge in [0.15, 0.2) is 0 Å². The van der Waals surface area contributed by atoms with Gasteiger partial charge in [0.1, 0.15) is 0 Å². The third-order valence-corrected chi connectivity index (χ3v) is 3.91. The predicted octanol–water partition coefficient (Wildman–Crippen LogP) is -0.790. The molecule has 4 nitrogen and oxygen atoms in total. The third-order valence-electron chi connectivity index (χ3n) is 3.91. The quantitative estimate of drug-likeness (QED) is 0.199. The molecule has 0 aromatic heterocycles. The maximum atomic E-state index is 8.52. The van der Waals surface area contributed by atoms with E-state index in [-0.39, 0.29) is 59.1 Å². The second kappa shape index (κ2) is 22.4. The molecular weight excluding hydrogens is 370 g/mol. The van der Waals surface area contributed by atoms with E-state index < -0.39 is 10.4 Å². The Balaban J connectivity index is -0.000000668. The molecule has 0 unspecified atom stereocenters. The molecule has 0 amide bonds. The summed E-state index contributed by atoms with van der Waals surface area (Å²) < 4.78 is 34.1. The standard InChI is InChI=1S/C19H32.2Na.H2O4S/c1-2-3-4-5-6-7-8-9-10-11-13-16-19-17-14-12-15-18-19;;;1-5(2,3)4/h12,14-15,17-18H,2-11,13,16H2,1H3;;;(H2,1,2,3,4)/q;2*+1;/p-2. The molecule has 0 heterocycles. The Morgan fingerprint density at radius 2 is 1.04 bits per heavy atom. The van der Waals surface area contributed by atoms with Crippen LogP contribution in [0.3, 0.4) is 0 Å². The van der Waals surface area contributed by atoms with Crippen molar-refractivity contribution in [1.82, 2.24) is 0 Å². The molecular formula is C19H32Na2O4S. The van der Waals surface area contributed by atoms with Crippen molar-refractivity contribution in [2.24, 2.45) is 0 Å². The molecule has 0 radical (unpaired) electrons. The van der Waals surface area contributed by atoms with Gasteiger partial charge in [-0.15, -0.1) is 0 Å². The molecule has 0 aliphatic carbocycles. The van der Waals surface area contributed by atoms with Crippen LogP contribution in [0.1, 0.15) is 83.1 Å². The van der Waals surface area contributed by atoms with Crippen molar-refractivity contribution in [1.29, 1.82) is 0 Å². The number of rotatable bonds is 12. The normalized spacial score (nSPS) is 10.1. The second-order valence-electron chi connectivity index (χ2n) is 6.18. The third kappa shape index (κ3) is 29.8. The minimum atomic E-state index is -5.17. The Morgan fingerprint density at radius 3 is 1.42 bits per heavy atom. The topological polar surface area (TPSA) is 80.3 Å². The van der Waals surface area contributed by atoms with Crippen molar-refractivity contribution in [2.45, 2.75) is 84.0 Å². The first kappa shape index (κ1) is 31.8. The number of benzene rings is 1. The maximum absolute atomic E-state index is 8.52. The molecule has 1 aromatic carbocycles. The smallest absolute Gasteiger partial charge is 0.759 e. The van der Waals surface area contributed by atoms with Gasteiger partial charge < -0.3 is 9.11 Å². The van der Waals surface area contributed by atoms with Crippen molar-refractivity contribution in [3.05, 3.63) is 35.9 Å². The van der Waals surface area contributed by atoms with Crippen molar-refractivity contribution >= 4 is 10.4 Å². The van der Waals surface area contributed by atoms with Gasteiger partial charge in [-0.05, 0) is 18.4 Å². The van der Waals surface area contributed by atoms with E-state index in [1.807, 2.05) is 0 Å². The van der Waals surface area contributed by atoms with Crippen LogP contribution < -0.4 is 59.1 Å². The second-order valence-corrected chi connectivity index (χ2v) is 7.00. The summed E-state index contributed by atoms with van der Waals surface area (Å²) in [5.74, 6) is 0. The molecule has 0 fully saturated rings. The van der Waals surface area contributed by atoms with Gasteiger partial charge in [0.05, 0.1) is 0 Å². The molecule has 0 atom stereocenters. The maximum Gasteiger partial charge on any atom is 1.00 e. The average Bonchev–Trinajstić information content (AvgIpc) is 2.52. The summed E-state index contributed by atoms with van der Waals surface area (Å²) in [5, 5.41) is 0. The van der Waals surface area contributed by atoms with Crippen LogP contribution in [0.2, 0.25) is 0 Å². The van der Waals surface area contributed by atoms with Crippen molar-refractivity contribution < 1.29 is 76.6 Å². The Kier molecular flexibility index (Phi) is 27.4. The van der Waals surface area contributed by atoms with E-state index in [9.17, 15) is 0 Å². The number of aryl methyl sites for hydroxylation is 1. The van der Waals surface area contributed by atoms with Crippen LogP contribution in [-0.2, 0) is 16.8 Å². The van der Waals surface area contributed by atoms with E-state index in [0.717, 1.165) is 0 Å².